The molecule has 142 heavy (non-hydrogen) atoms. The number of carbonyl (C=O) groups excluding carboxylic acids is 20. The Hall–Kier alpha value is -15.2. The zero-order valence-electron chi connectivity index (χ0n) is 82.4. The molecule has 22 N–H and O–H groups in total. The first kappa shape index (κ1) is 121. The molecule has 0 saturated heterocycles. The summed E-state index contributed by atoms with van der Waals surface area (Å²) in [4.78, 5) is 246. The van der Waals surface area contributed by atoms with Crippen molar-refractivity contribution in [3.63, 3.8) is 0 Å². The molecule has 2 aliphatic rings. The summed E-state index contributed by atoms with van der Waals surface area (Å²) in [6.07, 6.45) is 2.72. The van der Waals surface area contributed by atoms with E-state index in [1.165, 1.54) is 42.0 Å². The Morgan fingerprint density at radius 3 is 0.817 bits per heavy atom. The molecule has 0 heterocycles. The van der Waals surface area contributed by atoms with Crippen molar-refractivity contribution in [1.82, 2.24) is 96.6 Å². The molecule has 48 heteroatoms. The van der Waals surface area contributed by atoms with Crippen LogP contribution in [0.25, 0.3) is 43.1 Å². The quantitative estimate of drug-likeness (QED) is 0.00990. The molecule has 0 saturated carbocycles. The molecular formula is C94H138N26O22. The number of primary amides is 2. The maximum absolute atomic E-state index is 12.8. The summed E-state index contributed by atoms with van der Waals surface area (Å²) in [6, 6.07) is 25.9. The Balaban J connectivity index is 0.000000490. The predicted molar refractivity (Wildman–Crippen MR) is 521 cm³/mol. The summed E-state index contributed by atoms with van der Waals surface area (Å²) in [7, 11) is 8.92. The van der Waals surface area contributed by atoms with Crippen LogP contribution in [0, 0.1) is 23.7 Å². The summed E-state index contributed by atoms with van der Waals surface area (Å²) in [5, 5.41) is 32.0. The Kier molecular flexibility index (Phi) is 57.2. The normalized spacial score (nSPS) is 13.2. The molecule has 0 fully saturated rings. The maximum atomic E-state index is 12.8. The smallest absolute Gasteiger partial charge is 0.426 e. The number of hydrazine groups is 4. The van der Waals surface area contributed by atoms with Gasteiger partial charge in [-0.3, -0.25) is 108 Å². The van der Waals surface area contributed by atoms with Gasteiger partial charge < -0.3 is 74.1 Å². The zero-order chi connectivity index (χ0) is 106. The number of unbranched alkanes of at least 4 members (excludes halogenated alkanes) is 2. The number of Topliss-reactive ketones (excluding diaryl/α,β-unsaturated/α-hetero) is 2. The molecule has 4 aromatic carbocycles. The second-order valence-corrected chi connectivity index (χ2v) is 33.5. The number of rotatable bonds is 56. The summed E-state index contributed by atoms with van der Waals surface area (Å²) < 4.78 is 10.8. The van der Waals surface area contributed by atoms with Gasteiger partial charge in [-0.15, -0.1) is 0 Å². The number of hydrogen-bond donors (Lipinski definition) is 20. The first-order valence-corrected chi connectivity index (χ1v) is 46.7. The number of ketones is 2. The summed E-state index contributed by atoms with van der Waals surface area (Å²) in [6.45, 7) is 10.2. The van der Waals surface area contributed by atoms with Crippen LogP contribution in [-0.2, 0) is 95.8 Å². The average molecular weight is 1980 g/mol. The highest BCUT2D eigenvalue weighted by atomic mass is 16.6. The van der Waals surface area contributed by atoms with Crippen molar-refractivity contribution in [2.45, 2.75) is 231 Å². The van der Waals surface area contributed by atoms with Crippen molar-refractivity contribution >= 4 is 118 Å². The minimum Gasteiger partial charge on any atom is -0.447 e. The van der Waals surface area contributed by atoms with Crippen molar-refractivity contribution < 1.29 is 105 Å². The Bertz CT molecular complexity index is 4840. The highest BCUT2D eigenvalue weighted by Crippen LogP contribution is 2.46. The highest BCUT2D eigenvalue weighted by molar-refractivity contribution is 5.96. The van der Waals surface area contributed by atoms with Crippen LogP contribution in [0.2, 0.25) is 0 Å². The maximum Gasteiger partial charge on any atom is 0.426 e. The van der Waals surface area contributed by atoms with E-state index in [9.17, 15) is 95.9 Å². The third-order valence-corrected chi connectivity index (χ3v) is 22.9. The van der Waals surface area contributed by atoms with Crippen LogP contribution >= 0.6 is 0 Å². The largest absolute Gasteiger partial charge is 0.447 e. The minimum atomic E-state index is -1.10. The number of benzene rings is 4. The summed E-state index contributed by atoms with van der Waals surface area (Å²) >= 11 is 0. The Morgan fingerprint density at radius 1 is 0.310 bits per heavy atom. The third kappa shape index (κ3) is 45.6. The molecule has 4 aromatic rings. The van der Waals surface area contributed by atoms with Crippen LogP contribution in [0.5, 0.6) is 0 Å². The van der Waals surface area contributed by atoms with Gasteiger partial charge in [-0.05, 0) is 146 Å². The standard InChI is InChI=1S/2C28H35N5O6.2C19H34N8O5/c1-17(27(37)30-24(18(2)34)13-15-25(35)31-29-3)12-14-26(36)32-33-28(38)39-16-23-21-10-6-4-8-19(21)20-9-5-7-11-22(20)23;1-17(12-14-25(35)31-29-3)27(37)30-24(18(2)34)13-15-26(36)32-33-28(38)39-16-23-21-10-6-4-8-19(21)20-9-5-7-11-22(20)23;2*1-12(6-4-5-11-24-27-21)18(31)26-14(8-10-16(29)23-3)19(32)25-13(17(20)30)7-9-15(28)22-2/h2*4-11,17,23-24,29H,12-16H2,1-3H3,(H,30,37)(H,31,35)(H,32,36)(H,33,38);2*12-14H,4-11H2,1-3H3,(H2,20,30)(H,22,28)(H,23,29)(H,25,32)(H,26,31). The first-order chi connectivity index (χ1) is 67.7. The molecule has 0 aliphatic heterocycles. The monoisotopic (exact) mass is 1980 g/mol. The van der Waals surface area contributed by atoms with E-state index in [1.54, 1.807) is 41.8 Å². The highest BCUT2D eigenvalue weighted by Gasteiger charge is 2.35. The van der Waals surface area contributed by atoms with Crippen LogP contribution in [-0.4, -0.2) is 223 Å². The van der Waals surface area contributed by atoms with Gasteiger partial charge in [-0.1, -0.05) is 148 Å². The van der Waals surface area contributed by atoms with Gasteiger partial charge in [0.25, 0.3) is 0 Å². The molecule has 0 radical (unpaired) electrons. The molecule has 18 amide bonds. The summed E-state index contributed by atoms with van der Waals surface area (Å²) in [5.41, 5.74) is 54.8. The number of nitrogens with one attached hydrogen (secondary N) is 18. The molecule has 2 aliphatic carbocycles. The van der Waals surface area contributed by atoms with E-state index in [4.69, 9.17) is 32.0 Å². The molecule has 776 valence electrons. The Labute approximate surface area is 823 Å². The number of carbonyl (C=O) groups is 20. The van der Waals surface area contributed by atoms with Crippen molar-refractivity contribution in [2.75, 3.05) is 68.6 Å². The van der Waals surface area contributed by atoms with Crippen molar-refractivity contribution in [2.24, 2.45) is 45.4 Å². The van der Waals surface area contributed by atoms with E-state index in [-0.39, 0.29) is 186 Å². The van der Waals surface area contributed by atoms with E-state index in [0.717, 1.165) is 44.5 Å². The van der Waals surface area contributed by atoms with Crippen LogP contribution in [0.4, 0.5) is 9.59 Å². The van der Waals surface area contributed by atoms with E-state index in [0.29, 0.717) is 58.0 Å². The molecule has 48 nitrogen and oxygen atoms in total. The van der Waals surface area contributed by atoms with Gasteiger partial charge >= 0.3 is 12.2 Å². The second-order valence-electron chi connectivity index (χ2n) is 33.5. The van der Waals surface area contributed by atoms with Gasteiger partial charge in [-0.2, -0.15) is 0 Å². The molecule has 0 aromatic heterocycles. The molecule has 0 bridgehead atoms. The lowest BCUT2D eigenvalue weighted by molar-refractivity contribution is -0.133. The number of ether oxygens (including phenoxy) is 2. The minimum absolute atomic E-state index is 0.00155. The van der Waals surface area contributed by atoms with Crippen molar-refractivity contribution in [3.8, 4) is 22.3 Å². The van der Waals surface area contributed by atoms with Gasteiger partial charge in [-0.25, -0.2) is 31.3 Å². The lowest BCUT2D eigenvalue weighted by atomic mass is 9.98. The Morgan fingerprint density at radius 2 is 0.549 bits per heavy atom. The molecule has 0 spiro atoms. The third-order valence-electron chi connectivity index (χ3n) is 22.9. The lowest BCUT2D eigenvalue weighted by Crippen LogP contribution is -2.54. The molecule has 10 unspecified atom stereocenters. The van der Waals surface area contributed by atoms with Gasteiger partial charge in [0.1, 0.15) is 37.4 Å². The van der Waals surface area contributed by atoms with Crippen LogP contribution in [0.1, 0.15) is 217 Å². The SMILES string of the molecule is CNC(=O)CCC(NC(=O)C(CCC(=O)NC)NC(=O)C(C)CCCCN=[N+]=[N-])C(N)=O.CNC(=O)CCC(NC(=O)C(CCC(=O)NC)NC(=O)C(C)CCCCN=[N+]=[N-])C(N)=O.CNNC(=O)CCC(C)C(=O)NC(CCC(=O)NNC(=O)OCC1c2ccccc2-c2ccccc21)C(C)=O.CNNC(=O)CCC(NC(=O)C(C)CCC(=O)NNC(=O)OCC1c2ccccc2-c2ccccc21)C(C)=O. The first-order valence-electron chi connectivity index (χ1n) is 46.7. The van der Waals surface area contributed by atoms with Crippen molar-refractivity contribution in [3.05, 3.63) is 140 Å². The number of amides is 18. The number of nitrogens with two attached hydrogens (primary N) is 2. The zero-order valence-corrected chi connectivity index (χ0v) is 82.4. The molecule has 10 atom stereocenters. The van der Waals surface area contributed by atoms with Crippen LogP contribution in [0.3, 0.4) is 0 Å². The molecule has 6 rings (SSSR count). The summed E-state index contributed by atoms with van der Waals surface area (Å²) in [5.74, 6) is -10.0. The fourth-order valence-corrected chi connectivity index (χ4v) is 14.4. The predicted octanol–water partition coefficient (Wildman–Crippen LogP) is 3.38. The number of azide groups is 2. The van der Waals surface area contributed by atoms with Gasteiger partial charge in [0.05, 0.1) is 12.1 Å². The lowest BCUT2D eigenvalue weighted by Gasteiger charge is -2.23. The fraction of sp³-hybridized carbons (Fsp3) is 0.532. The van der Waals surface area contributed by atoms with Gasteiger partial charge in [0.15, 0.2) is 11.6 Å². The topological polar surface area (TPSA) is 726 Å². The fourth-order valence-electron chi connectivity index (χ4n) is 14.4. The van der Waals surface area contributed by atoms with Gasteiger partial charge in [0, 0.05) is 152 Å². The number of fused-ring (bicyclic) bond motifs is 6. The average Bonchev–Trinajstić information content (AvgIpc) is 1.62. The van der Waals surface area contributed by atoms with Crippen LogP contribution in [0.15, 0.2) is 107 Å². The number of nitrogens with zero attached hydrogens (tertiary/aromatic N) is 6. The van der Waals surface area contributed by atoms with E-state index >= 15 is 0 Å². The van der Waals surface area contributed by atoms with Gasteiger partial charge in [0.2, 0.25) is 94.5 Å². The van der Waals surface area contributed by atoms with Crippen molar-refractivity contribution in [1.29, 1.82) is 0 Å². The van der Waals surface area contributed by atoms with Crippen LogP contribution < -0.4 is 108 Å². The second kappa shape index (κ2) is 67.2. The molecular weight excluding hydrogens is 1850 g/mol. The van der Waals surface area contributed by atoms with E-state index in [2.05, 4.69) is 117 Å². The van der Waals surface area contributed by atoms with E-state index in [1.807, 2.05) is 97.1 Å². The number of hydrogen-bond acceptors (Lipinski definition) is 26. The van der Waals surface area contributed by atoms with E-state index < -0.39 is 113 Å².